The van der Waals surface area contributed by atoms with E-state index in [4.69, 9.17) is 5.73 Å². The van der Waals surface area contributed by atoms with Crippen LogP contribution in [-0.4, -0.2) is 25.1 Å². The molecule has 1 heterocycles. The third-order valence-corrected chi connectivity index (χ3v) is 5.68. The highest BCUT2D eigenvalue weighted by Gasteiger charge is 2.35. The first-order valence-electron chi connectivity index (χ1n) is 8.40. The maximum Gasteiger partial charge on any atom is 0.417 e. The highest BCUT2D eigenvalue weighted by Crippen LogP contribution is 2.40. The van der Waals surface area contributed by atoms with Gasteiger partial charge < -0.3 is 10.3 Å². The molecule has 0 radical (unpaired) electrons. The van der Waals surface area contributed by atoms with Crippen molar-refractivity contribution >= 4 is 15.7 Å². The molecular weight excluding hydrogens is 405 g/mol. The summed E-state index contributed by atoms with van der Waals surface area (Å²) in [5.74, 6) is -0.778. The van der Waals surface area contributed by atoms with Gasteiger partial charge in [0.25, 0.3) is 5.91 Å². The Hall–Kier alpha value is -3.07. The van der Waals surface area contributed by atoms with Crippen LogP contribution in [0.3, 0.4) is 0 Å². The molecule has 2 aromatic carbocycles. The van der Waals surface area contributed by atoms with Gasteiger partial charge in [-0.3, -0.25) is 4.79 Å². The van der Waals surface area contributed by atoms with Crippen LogP contribution in [0.25, 0.3) is 16.9 Å². The van der Waals surface area contributed by atoms with Gasteiger partial charge in [-0.15, -0.1) is 0 Å². The van der Waals surface area contributed by atoms with Crippen molar-refractivity contribution in [3.05, 3.63) is 71.4 Å². The first-order chi connectivity index (χ1) is 13.4. The number of hydrogen-bond acceptors (Lipinski definition) is 3. The number of sulfone groups is 1. The topological polar surface area (TPSA) is 82.2 Å². The van der Waals surface area contributed by atoms with Gasteiger partial charge in [-0.2, -0.15) is 13.2 Å². The summed E-state index contributed by atoms with van der Waals surface area (Å²) in [7, 11) is -3.44. The van der Waals surface area contributed by atoms with Crippen molar-refractivity contribution in [1.29, 1.82) is 0 Å². The van der Waals surface area contributed by atoms with E-state index < -0.39 is 27.5 Å². The molecule has 1 aromatic heterocycles. The van der Waals surface area contributed by atoms with Crippen LogP contribution in [0, 0.1) is 6.92 Å². The van der Waals surface area contributed by atoms with Crippen molar-refractivity contribution in [2.75, 3.05) is 6.26 Å². The molecule has 0 atom stereocenters. The van der Waals surface area contributed by atoms with Gasteiger partial charge in [-0.05, 0) is 42.8 Å². The molecule has 0 unspecified atom stereocenters. The largest absolute Gasteiger partial charge is 0.417 e. The highest BCUT2D eigenvalue weighted by atomic mass is 32.2. The Morgan fingerprint density at radius 2 is 1.62 bits per heavy atom. The smallest absolute Gasteiger partial charge is 0.366 e. The van der Waals surface area contributed by atoms with Crippen LogP contribution in [0.15, 0.2) is 59.6 Å². The van der Waals surface area contributed by atoms with E-state index in [2.05, 4.69) is 0 Å². The van der Waals surface area contributed by atoms with E-state index >= 15 is 0 Å². The molecule has 9 heteroatoms. The van der Waals surface area contributed by atoms with E-state index in [1.165, 1.54) is 60.2 Å². The fourth-order valence-electron chi connectivity index (χ4n) is 3.17. The van der Waals surface area contributed by atoms with E-state index in [1.54, 1.807) is 0 Å². The summed E-state index contributed by atoms with van der Waals surface area (Å²) in [5.41, 5.74) is 5.34. The number of alkyl halides is 3. The Bertz CT molecular complexity index is 1190. The Kier molecular flexibility index (Phi) is 5.04. The molecular formula is C20H17F3N2O3S. The third-order valence-electron chi connectivity index (χ3n) is 4.55. The Morgan fingerprint density at radius 1 is 1.03 bits per heavy atom. The number of nitrogens with zero attached hydrogens (tertiary/aromatic N) is 1. The minimum Gasteiger partial charge on any atom is -0.366 e. The standard InChI is InChI=1S/C20H17F3N2O3S/c1-12-16(19(24)26)11-25(13-7-9-14(10-8-13)29(2,27)28)18(12)15-5-3-4-6-17(15)20(21,22)23/h3-11H,1-2H3,(H2,24,26). The summed E-state index contributed by atoms with van der Waals surface area (Å²) in [5, 5.41) is 0. The average molecular weight is 422 g/mol. The lowest BCUT2D eigenvalue weighted by molar-refractivity contribution is -0.137. The van der Waals surface area contributed by atoms with Crippen LogP contribution >= 0.6 is 0 Å². The Morgan fingerprint density at radius 3 is 2.14 bits per heavy atom. The number of hydrogen-bond donors (Lipinski definition) is 1. The summed E-state index contributed by atoms with van der Waals surface area (Å²) in [6.45, 7) is 1.52. The first-order valence-corrected chi connectivity index (χ1v) is 10.3. The number of halogens is 3. The molecule has 0 spiro atoms. The van der Waals surface area contributed by atoms with Crippen molar-refractivity contribution in [3.8, 4) is 16.9 Å². The monoisotopic (exact) mass is 422 g/mol. The zero-order valence-corrected chi connectivity index (χ0v) is 16.3. The van der Waals surface area contributed by atoms with Crippen LogP contribution in [-0.2, 0) is 16.0 Å². The fraction of sp³-hybridized carbons (Fsp3) is 0.150. The molecule has 0 bridgehead atoms. The van der Waals surface area contributed by atoms with Crippen LogP contribution in [0.1, 0.15) is 21.5 Å². The first kappa shape index (κ1) is 20.7. The number of carbonyl (C=O) groups excluding carboxylic acids is 1. The molecule has 0 aliphatic carbocycles. The zero-order chi connectivity index (χ0) is 21.6. The van der Waals surface area contributed by atoms with E-state index in [1.807, 2.05) is 0 Å². The van der Waals surface area contributed by atoms with Gasteiger partial charge in [0.15, 0.2) is 9.84 Å². The van der Waals surface area contributed by atoms with Crippen molar-refractivity contribution < 1.29 is 26.4 Å². The predicted molar refractivity (Wildman–Crippen MR) is 103 cm³/mol. The summed E-state index contributed by atoms with van der Waals surface area (Å²) in [4.78, 5) is 11.9. The second-order valence-electron chi connectivity index (χ2n) is 6.56. The van der Waals surface area contributed by atoms with E-state index in [-0.39, 0.29) is 21.7 Å². The molecule has 2 N–H and O–H groups in total. The number of nitrogens with two attached hydrogens (primary N) is 1. The van der Waals surface area contributed by atoms with Crippen LogP contribution in [0.4, 0.5) is 13.2 Å². The van der Waals surface area contributed by atoms with Gasteiger partial charge in [0.2, 0.25) is 0 Å². The summed E-state index contributed by atoms with van der Waals surface area (Å²) < 4.78 is 65.5. The highest BCUT2D eigenvalue weighted by molar-refractivity contribution is 7.90. The molecule has 29 heavy (non-hydrogen) atoms. The minimum atomic E-state index is -4.61. The van der Waals surface area contributed by atoms with Crippen molar-refractivity contribution in [1.82, 2.24) is 4.57 Å². The Balaban J connectivity index is 2.31. The van der Waals surface area contributed by atoms with Crippen LogP contribution < -0.4 is 5.73 Å². The molecule has 152 valence electrons. The number of primary amides is 1. The van der Waals surface area contributed by atoms with Crippen LogP contribution in [0.2, 0.25) is 0 Å². The SMILES string of the molecule is Cc1c(C(N)=O)cn(-c2ccc(S(C)(=O)=O)cc2)c1-c1ccccc1C(F)(F)F. The molecule has 0 aliphatic heterocycles. The number of carbonyl (C=O) groups is 1. The number of benzene rings is 2. The Labute approximate surface area is 165 Å². The number of rotatable bonds is 4. The van der Waals surface area contributed by atoms with Gasteiger partial charge in [0.1, 0.15) is 0 Å². The molecule has 5 nitrogen and oxygen atoms in total. The van der Waals surface area contributed by atoms with E-state index in [9.17, 15) is 26.4 Å². The zero-order valence-electron chi connectivity index (χ0n) is 15.5. The maximum absolute atomic E-state index is 13.6. The lowest BCUT2D eigenvalue weighted by atomic mass is 10.00. The van der Waals surface area contributed by atoms with Crippen molar-refractivity contribution in [3.63, 3.8) is 0 Å². The normalized spacial score (nSPS) is 12.2. The van der Waals surface area contributed by atoms with E-state index in [0.717, 1.165) is 12.3 Å². The van der Waals surface area contributed by atoms with Crippen molar-refractivity contribution in [2.24, 2.45) is 5.73 Å². The molecule has 3 rings (SSSR count). The number of aromatic nitrogens is 1. The molecule has 0 saturated heterocycles. The predicted octanol–water partition coefficient (Wildman–Crippen LogP) is 3.97. The van der Waals surface area contributed by atoms with Crippen molar-refractivity contribution in [2.45, 2.75) is 18.0 Å². The quantitative estimate of drug-likeness (QED) is 0.691. The van der Waals surface area contributed by atoms with Gasteiger partial charge in [-0.1, -0.05) is 18.2 Å². The van der Waals surface area contributed by atoms with Crippen LogP contribution in [0.5, 0.6) is 0 Å². The maximum atomic E-state index is 13.6. The lowest BCUT2D eigenvalue weighted by Gasteiger charge is -2.16. The molecule has 0 aliphatic rings. The molecule has 0 saturated carbocycles. The minimum absolute atomic E-state index is 0.0671. The second-order valence-corrected chi connectivity index (χ2v) is 8.58. The summed E-state index contributed by atoms with van der Waals surface area (Å²) in [6, 6.07) is 10.6. The number of amides is 1. The molecule has 1 amide bonds. The lowest BCUT2D eigenvalue weighted by Crippen LogP contribution is -2.11. The summed E-state index contributed by atoms with van der Waals surface area (Å²) >= 11 is 0. The third kappa shape index (κ3) is 3.91. The van der Waals surface area contributed by atoms with E-state index in [0.29, 0.717) is 11.3 Å². The summed E-state index contributed by atoms with van der Waals surface area (Å²) in [6.07, 6.45) is -2.20. The van der Waals surface area contributed by atoms with Gasteiger partial charge in [-0.25, -0.2) is 8.42 Å². The van der Waals surface area contributed by atoms with Gasteiger partial charge in [0, 0.05) is 23.7 Å². The fourth-order valence-corrected chi connectivity index (χ4v) is 3.80. The molecule has 3 aromatic rings. The van der Waals surface area contributed by atoms with Gasteiger partial charge >= 0.3 is 6.18 Å². The second kappa shape index (κ2) is 7.07. The van der Waals surface area contributed by atoms with Gasteiger partial charge in [0.05, 0.1) is 21.7 Å². The average Bonchev–Trinajstić information content (AvgIpc) is 2.98. The molecule has 0 fully saturated rings.